The maximum absolute atomic E-state index is 9.99. The predicted molar refractivity (Wildman–Crippen MR) is 75.9 cm³/mol. The molecule has 120 valence electrons. The van der Waals surface area contributed by atoms with Gasteiger partial charge in [-0.05, 0) is 26.7 Å². The maximum Gasteiger partial charge on any atom is 0.305 e. The van der Waals surface area contributed by atoms with Crippen molar-refractivity contribution < 1.29 is 29.3 Å². The number of aliphatic carboxylic acids is 2. The van der Waals surface area contributed by atoms with Crippen molar-refractivity contribution in [2.24, 2.45) is 0 Å². The lowest BCUT2D eigenvalue weighted by Crippen LogP contribution is -2.10. The van der Waals surface area contributed by atoms with Crippen LogP contribution in [-0.2, 0) is 19.1 Å². The summed E-state index contributed by atoms with van der Waals surface area (Å²) in [6.45, 7) is 8.52. The van der Waals surface area contributed by atoms with E-state index >= 15 is 0 Å². The van der Waals surface area contributed by atoms with Gasteiger partial charge in [0, 0.05) is 0 Å². The van der Waals surface area contributed by atoms with Crippen LogP contribution in [-0.4, -0.2) is 47.6 Å². The van der Waals surface area contributed by atoms with Crippen LogP contribution < -0.4 is 0 Å². The first-order valence-electron chi connectivity index (χ1n) is 7.00. The summed E-state index contributed by atoms with van der Waals surface area (Å²) < 4.78 is 10.2. The third-order valence-corrected chi connectivity index (χ3v) is 2.59. The lowest BCUT2D eigenvalue weighted by atomic mass is 10.3. The van der Waals surface area contributed by atoms with E-state index in [1.807, 2.05) is 27.7 Å². The van der Waals surface area contributed by atoms with Gasteiger partial charge in [-0.2, -0.15) is 0 Å². The van der Waals surface area contributed by atoms with Crippen LogP contribution in [0, 0.1) is 0 Å². The molecule has 0 heterocycles. The van der Waals surface area contributed by atoms with Gasteiger partial charge in [-0.15, -0.1) is 0 Å². The third kappa shape index (κ3) is 19.2. The van der Waals surface area contributed by atoms with E-state index in [9.17, 15) is 9.59 Å². The highest BCUT2D eigenvalue weighted by Crippen LogP contribution is 1.96. The Labute approximate surface area is 121 Å². The summed E-state index contributed by atoms with van der Waals surface area (Å²) in [5.74, 6) is -1.60. The molecule has 6 heteroatoms. The molecule has 0 fully saturated rings. The van der Waals surface area contributed by atoms with Gasteiger partial charge in [0.05, 0.1) is 38.3 Å². The molecule has 0 aromatic heterocycles. The summed E-state index contributed by atoms with van der Waals surface area (Å²) in [5, 5.41) is 16.4. The van der Waals surface area contributed by atoms with Gasteiger partial charge in [-0.25, -0.2) is 0 Å². The second-order valence-corrected chi connectivity index (χ2v) is 4.47. The van der Waals surface area contributed by atoms with E-state index in [4.69, 9.17) is 19.7 Å². The average Bonchev–Trinajstić information content (AvgIpc) is 2.38. The van der Waals surface area contributed by atoms with Crippen molar-refractivity contribution >= 4 is 11.9 Å². The summed E-state index contributed by atoms with van der Waals surface area (Å²) >= 11 is 0. The first-order valence-corrected chi connectivity index (χ1v) is 7.00. The third-order valence-electron chi connectivity index (χ3n) is 2.59. The molecule has 0 aromatic rings. The van der Waals surface area contributed by atoms with Crippen molar-refractivity contribution in [3.8, 4) is 0 Å². The summed E-state index contributed by atoms with van der Waals surface area (Å²) in [7, 11) is 0. The van der Waals surface area contributed by atoms with Crippen LogP contribution in [0.25, 0.3) is 0 Å². The fourth-order valence-electron chi connectivity index (χ4n) is 0.931. The molecule has 20 heavy (non-hydrogen) atoms. The molecule has 0 aromatic carbocycles. The molecule has 0 rings (SSSR count). The van der Waals surface area contributed by atoms with Gasteiger partial charge in [-0.1, -0.05) is 13.8 Å². The Bertz CT molecular complexity index is 228. The van der Waals surface area contributed by atoms with Gasteiger partial charge in [0.1, 0.15) is 0 Å². The zero-order chi connectivity index (χ0) is 16.0. The Morgan fingerprint density at radius 2 is 1.15 bits per heavy atom. The average molecular weight is 292 g/mol. The fraction of sp³-hybridized carbons (Fsp3) is 0.857. The van der Waals surface area contributed by atoms with Crippen molar-refractivity contribution in [3.05, 3.63) is 0 Å². The van der Waals surface area contributed by atoms with Crippen molar-refractivity contribution in [1.29, 1.82) is 0 Å². The number of hydrogen-bond donors (Lipinski definition) is 2. The Hall–Kier alpha value is -1.14. The maximum atomic E-state index is 9.99. The molecule has 0 bridgehead atoms. The smallest absolute Gasteiger partial charge is 0.305 e. The number of rotatable bonds is 10. The number of hydrogen-bond acceptors (Lipinski definition) is 4. The monoisotopic (exact) mass is 292 g/mol. The summed E-state index contributed by atoms with van der Waals surface area (Å²) in [5.41, 5.74) is 0. The Balaban J connectivity index is 0. The second-order valence-electron chi connectivity index (χ2n) is 4.47. The highest BCUT2D eigenvalue weighted by Gasteiger charge is 2.00. The number of carboxylic acid groups (broad SMARTS) is 2. The molecule has 0 saturated carbocycles. The largest absolute Gasteiger partial charge is 0.481 e. The van der Waals surface area contributed by atoms with Crippen molar-refractivity contribution in [2.75, 3.05) is 13.2 Å². The van der Waals surface area contributed by atoms with E-state index in [0.29, 0.717) is 13.2 Å². The Kier molecular flexibility index (Phi) is 15.1. The zero-order valence-electron chi connectivity index (χ0n) is 12.9. The van der Waals surface area contributed by atoms with Gasteiger partial charge in [0.15, 0.2) is 0 Å². The molecule has 0 spiro atoms. The molecule has 2 unspecified atom stereocenters. The molecule has 0 aliphatic rings. The minimum Gasteiger partial charge on any atom is -0.481 e. The fourth-order valence-corrected chi connectivity index (χ4v) is 0.931. The van der Waals surface area contributed by atoms with Crippen molar-refractivity contribution in [3.63, 3.8) is 0 Å². The van der Waals surface area contributed by atoms with E-state index in [-0.39, 0.29) is 25.0 Å². The summed E-state index contributed by atoms with van der Waals surface area (Å²) in [4.78, 5) is 20.0. The van der Waals surface area contributed by atoms with E-state index in [2.05, 4.69) is 0 Å². The molecule has 0 saturated heterocycles. The van der Waals surface area contributed by atoms with Crippen LogP contribution in [0.4, 0.5) is 0 Å². The number of carboxylic acids is 2. The first-order chi connectivity index (χ1) is 9.33. The van der Waals surface area contributed by atoms with Crippen molar-refractivity contribution in [2.45, 2.75) is 65.6 Å². The molecule has 0 radical (unpaired) electrons. The molecule has 6 nitrogen and oxygen atoms in total. The SMILES string of the molecule is CCC(C)OCCC(=O)O.CCC(C)OCCC(=O)O. The molecular formula is C14H28O6. The zero-order valence-corrected chi connectivity index (χ0v) is 12.9. The molecule has 2 N–H and O–H groups in total. The Morgan fingerprint density at radius 1 is 0.850 bits per heavy atom. The molecule has 0 aliphatic heterocycles. The van der Waals surface area contributed by atoms with Crippen LogP contribution >= 0.6 is 0 Å². The van der Waals surface area contributed by atoms with E-state index in [0.717, 1.165) is 12.8 Å². The van der Waals surface area contributed by atoms with Gasteiger partial charge < -0.3 is 19.7 Å². The van der Waals surface area contributed by atoms with E-state index in [1.165, 1.54) is 0 Å². The lowest BCUT2D eigenvalue weighted by molar-refractivity contribution is -0.139. The highest BCUT2D eigenvalue weighted by molar-refractivity contribution is 5.67. The molecule has 2 atom stereocenters. The first kappa shape index (κ1) is 21.2. The summed E-state index contributed by atoms with van der Waals surface area (Å²) in [6.07, 6.45) is 2.42. The standard InChI is InChI=1S/2C7H14O3/c2*1-3-6(2)10-5-4-7(8)9/h2*6H,3-5H2,1-2H3,(H,8,9). The van der Waals surface area contributed by atoms with Crippen LogP contribution in [0.5, 0.6) is 0 Å². The van der Waals surface area contributed by atoms with Crippen LogP contribution in [0.2, 0.25) is 0 Å². The quantitative estimate of drug-likeness (QED) is 0.642. The topological polar surface area (TPSA) is 93.1 Å². The van der Waals surface area contributed by atoms with E-state index < -0.39 is 11.9 Å². The van der Waals surface area contributed by atoms with Crippen LogP contribution in [0.1, 0.15) is 53.4 Å². The minimum absolute atomic E-state index is 0.102. The van der Waals surface area contributed by atoms with Crippen LogP contribution in [0.3, 0.4) is 0 Å². The van der Waals surface area contributed by atoms with Gasteiger partial charge >= 0.3 is 11.9 Å². The Morgan fingerprint density at radius 3 is 1.35 bits per heavy atom. The molecule has 0 amide bonds. The molecule has 0 aliphatic carbocycles. The normalized spacial score (nSPS) is 13.0. The van der Waals surface area contributed by atoms with Gasteiger partial charge in [-0.3, -0.25) is 9.59 Å². The van der Waals surface area contributed by atoms with Gasteiger partial charge in [0.25, 0.3) is 0 Å². The lowest BCUT2D eigenvalue weighted by Gasteiger charge is -2.07. The highest BCUT2D eigenvalue weighted by atomic mass is 16.5. The number of ether oxygens (including phenoxy) is 2. The molecular weight excluding hydrogens is 264 g/mol. The summed E-state index contributed by atoms with van der Waals surface area (Å²) in [6, 6.07) is 0. The van der Waals surface area contributed by atoms with E-state index in [1.54, 1.807) is 0 Å². The van der Waals surface area contributed by atoms with Gasteiger partial charge in [0.2, 0.25) is 0 Å². The minimum atomic E-state index is -0.802. The van der Waals surface area contributed by atoms with Crippen molar-refractivity contribution in [1.82, 2.24) is 0 Å². The van der Waals surface area contributed by atoms with Crippen LogP contribution in [0.15, 0.2) is 0 Å². The number of carbonyl (C=O) groups is 2. The predicted octanol–water partition coefficient (Wildman–Crippen LogP) is 2.55. The second kappa shape index (κ2) is 14.3.